The molecule has 0 aromatic carbocycles. The Labute approximate surface area is 90.2 Å². The van der Waals surface area contributed by atoms with Gasteiger partial charge in [-0.25, -0.2) is 0 Å². The molecule has 15 heavy (non-hydrogen) atoms. The van der Waals surface area contributed by atoms with Gasteiger partial charge >= 0.3 is 0 Å². The third-order valence-corrected chi connectivity index (χ3v) is 2.47. The molecule has 0 aliphatic heterocycles. The van der Waals surface area contributed by atoms with E-state index in [0.29, 0.717) is 11.7 Å². The van der Waals surface area contributed by atoms with Crippen LogP contribution in [0, 0.1) is 6.92 Å². The summed E-state index contributed by atoms with van der Waals surface area (Å²) in [6, 6.07) is 1.93. The molecular weight excluding hydrogens is 214 g/mol. The first-order valence-corrected chi connectivity index (χ1v) is 5.16. The maximum Gasteiger partial charge on any atom is 0.204 e. The van der Waals surface area contributed by atoms with Crippen molar-refractivity contribution < 1.29 is 4.84 Å². The standard InChI is InChI=1S/C8H9N5OS/c1-6-9-11-12-13(6)8(10-14-2)7-3-4-15-5-7/h3-5H,1-2H3. The summed E-state index contributed by atoms with van der Waals surface area (Å²) in [5.74, 6) is 1.25. The van der Waals surface area contributed by atoms with Gasteiger partial charge in [-0.05, 0) is 28.8 Å². The second-order valence-corrected chi connectivity index (χ2v) is 3.53. The second-order valence-electron chi connectivity index (χ2n) is 2.75. The van der Waals surface area contributed by atoms with E-state index < -0.39 is 0 Å². The number of tetrazole rings is 1. The van der Waals surface area contributed by atoms with Crippen LogP contribution in [0.1, 0.15) is 11.4 Å². The number of nitrogens with zero attached hydrogens (tertiary/aromatic N) is 5. The Balaban J connectivity index is 2.46. The van der Waals surface area contributed by atoms with Gasteiger partial charge in [0.15, 0.2) is 5.82 Å². The lowest BCUT2D eigenvalue weighted by molar-refractivity contribution is 0.212. The van der Waals surface area contributed by atoms with Gasteiger partial charge in [0.05, 0.1) is 0 Å². The summed E-state index contributed by atoms with van der Waals surface area (Å²) in [6.07, 6.45) is 0. The smallest absolute Gasteiger partial charge is 0.204 e. The molecule has 0 spiro atoms. The Morgan fingerprint density at radius 2 is 2.47 bits per heavy atom. The summed E-state index contributed by atoms with van der Waals surface area (Å²) in [6.45, 7) is 1.80. The SMILES string of the molecule is CON=C(c1ccsc1)n1nnnc1C. The van der Waals surface area contributed by atoms with Crippen molar-refractivity contribution in [3.63, 3.8) is 0 Å². The summed E-state index contributed by atoms with van der Waals surface area (Å²) < 4.78 is 1.53. The maximum atomic E-state index is 4.78. The first-order chi connectivity index (χ1) is 7.33. The van der Waals surface area contributed by atoms with Crippen molar-refractivity contribution in [1.29, 1.82) is 0 Å². The molecule has 78 valence electrons. The number of thiophene rings is 1. The Bertz CT molecular complexity index is 461. The molecule has 0 aliphatic rings. The highest BCUT2D eigenvalue weighted by molar-refractivity contribution is 7.08. The van der Waals surface area contributed by atoms with Crippen LogP contribution in [0.15, 0.2) is 22.0 Å². The second kappa shape index (κ2) is 4.18. The fraction of sp³-hybridized carbons (Fsp3) is 0.250. The molecule has 2 aromatic rings. The minimum Gasteiger partial charge on any atom is -0.397 e. The molecule has 0 N–H and O–H groups in total. The molecule has 0 saturated heterocycles. The van der Waals surface area contributed by atoms with Crippen molar-refractivity contribution in [3.05, 3.63) is 28.2 Å². The number of aryl methyl sites for hydroxylation is 1. The van der Waals surface area contributed by atoms with Gasteiger partial charge in [0, 0.05) is 10.9 Å². The highest BCUT2D eigenvalue weighted by Gasteiger charge is 2.12. The maximum absolute atomic E-state index is 4.78. The third kappa shape index (κ3) is 1.86. The zero-order valence-corrected chi connectivity index (χ0v) is 9.10. The van der Waals surface area contributed by atoms with Crippen LogP contribution in [0.2, 0.25) is 0 Å². The van der Waals surface area contributed by atoms with Gasteiger partial charge in [-0.15, -0.1) is 5.10 Å². The van der Waals surface area contributed by atoms with E-state index in [9.17, 15) is 0 Å². The van der Waals surface area contributed by atoms with Crippen LogP contribution in [0.5, 0.6) is 0 Å². The summed E-state index contributed by atoms with van der Waals surface area (Å²) in [5, 5.41) is 19.0. The lowest BCUT2D eigenvalue weighted by Gasteiger charge is -2.02. The molecule has 0 fully saturated rings. The Morgan fingerprint density at radius 1 is 1.60 bits per heavy atom. The van der Waals surface area contributed by atoms with Crippen molar-refractivity contribution in [2.45, 2.75) is 6.92 Å². The molecule has 2 heterocycles. The topological polar surface area (TPSA) is 65.2 Å². The molecule has 0 aliphatic carbocycles. The van der Waals surface area contributed by atoms with Crippen molar-refractivity contribution in [1.82, 2.24) is 20.2 Å². The summed E-state index contributed by atoms with van der Waals surface area (Å²) in [7, 11) is 1.49. The fourth-order valence-corrected chi connectivity index (χ4v) is 1.75. The van der Waals surface area contributed by atoms with Crippen LogP contribution in [0.25, 0.3) is 0 Å². The van der Waals surface area contributed by atoms with E-state index in [2.05, 4.69) is 20.7 Å². The molecule has 0 radical (unpaired) electrons. The number of hydrogen-bond donors (Lipinski definition) is 0. The summed E-state index contributed by atoms with van der Waals surface area (Å²) >= 11 is 1.58. The predicted molar refractivity (Wildman–Crippen MR) is 55.8 cm³/mol. The zero-order chi connectivity index (χ0) is 10.7. The van der Waals surface area contributed by atoms with Crippen LogP contribution >= 0.6 is 11.3 Å². The van der Waals surface area contributed by atoms with Crippen LogP contribution in [-0.2, 0) is 4.84 Å². The Kier molecular flexibility index (Phi) is 2.72. The molecule has 6 nitrogen and oxygen atoms in total. The summed E-state index contributed by atoms with van der Waals surface area (Å²) in [4.78, 5) is 4.78. The Morgan fingerprint density at radius 3 is 3.00 bits per heavy atom. The van der Waals surface area contributed by atoms with E-state index in [-0.39, 0.29) is 0 Å². The van der Waals surface area contributed by atoms with E-state index in [1.54, 1.807) is 18.3 Å². The van der Waals surface area contributed by atoms with Crippen molar-refractivity contribution >= 4 is 17.2 Å². The van der Waals surface area contributed by atoms with E-state index in [1.165, 1.54) is 11.8 Å². The van der Waals surface area contributed by atoms with Crippen molar-refractivity contribution in [2.24, 2.45) is 5.16 Å². The predicted octanol–water partition coefficient (Wildman–Crippen LogP) is 0.899. The lowest BCUT2D eigenvalue weighted by Crippen LogP contribution is -2.16. The van der Waals surface area contributed by atoms with Crippen molar-refractivity contribution in [3.8, 4) is 0 Å². The molecule has 0 amide bonds. The summed E-state index contributed by atoms with van der Waals surface area (Å²) in [5.41, 5.74) is 0.928. The van der Waals surface area contributed by atoms with E-state index >= 15 is 0 Å². The molecule has 2 rings (SSSR count). The van der Waals surface area contributed by atoms with Crippen LogP contribution < -0.4 is 0 Å². The van der Waals surface area contributed by atoms with E-state index in [4.69, 9.17) is 4.84 Å². The lowest BCUT2D eigenvalue weighted by atomic mass is 10.3. The fourth-order valence-electron chi connectivity index (χ4n) is 1.12. The van der Waals surface area contributed by atoms with E-state index in [0.717, 1.165) is 5.56 Å². The highest BCUT2D eigenvalue weighted by Crippen LogP contribution is 2.09. The first-order valence-electron chi connectivity index (χ1n) is 4.22. The molecular formula is C8H9N5OS. The van der Waals surface area contributed by atoms with E-state index in [1.807, 2.05) is 16.8 Å². The van der Waals surface area contributed by atoms with Crippen LogP contribution in [-0.4, -0.2) is 33.2 Å². The van der Waals surface area contributed by atoms with Gasteiger partial charge in [-0.2, -0.15) is 16.0 Å². The number of rotatable bonds is 2. The molecule has 0 unspecified atom stereocenters. The first kappa shape index (κ1) is 9.78. The van der Waals surface area contributed by atoms with Gasteiger partial charge in [0.2, 0.25) is 5.84 Å². The minimum absolute atomic E-state index is 0.584. The minimum atomic E-state index is 0.584. The van der Waals surface area contributed by atoms with Gasteiger partial charge < -0.3 is 4.84 Å². The molecule has 0 atom stereocenters. The quantitative estimate of drug-likeness (QED) is 0.431. The highest BCUT2D eigenvalue weighted by atomic mass is 32.1. The van der Waals surface area contributed by atoms with Gasteiger partial charge in [-0.1, -0.05) is 5.16 Å². The molecule has 7 heteroatoms. The van der Waals surface area contributed by atoms with Gasteiger partial charge in [0.1, 0.15) is 7.11 Å². The van der Waals surface area contributed by atoms with Crippen LogP contribution in [0.3, 0.4) is 0 Å². The van der Waals surface area contributed by atoms with Crippen molar-refractivity contribution in [2.75, 3.05) is 7.11 Å². The largest absolute Gasteiger partial charge is 0.397 e. The number of aromatic nitrogens is 4. The zero-order valence-electron chi connectivity index (χ0n) is 8.28. The van der Waals surface area contributed by atoms with Crippen LogP contribution in [0.4, 0.5) is 0 Å². The molecule has 0 bridgehead atoms. The third-order valence-electron chi connectivity index (χ3n) is 1.78. The van der Waals surface area contributed by atoms with Gasteiger partial charge in [0.25, 0.3) is 0 Å². The number of hydrogen-bond acceptors (Lipinski definition) is 6. The Hall–Kier alpha value is -1.76. The average molecular weight is 223 g/mol. The molecule has 0 saturated carbocycles. The monoisotopic (exact) mass is 223 g/mol. The van der Waals surface area contributed by atoms with Gasteiger partial charge in [-0.3, -0.25) is 0 Å². The number of oxime groups is 1. The average Bonchev–Trinajstić information content (AvgIpc) is 2.85. The molecule has 2 aromatic heterocycles. The normalized spacial score (nSPS) is 11.7.